The Kier molecular flexibility index (Phi) is 4.24. The van der Waals surface area contributed by atoms with E-state index in [0.717, 1.165) is 13.0 Å². The average molecular weight is 263 g/mol. The minimum atomic E-state index is 0.0174. The van der Waals surface area contributed by atoms with E-state index in [-0.39, 0.29) is 17.7 Å². The van der Waals surface area contributed by atoms with Gasteiger partial charge < -0.3 is 14.8 Å². The van der Waals surface area contributed by atoms with E-state index in [0.29, 0.717) is 25.3 Å². The Morgan fingerprint density at radius 1 is 1.16 bits per heavy atom. The van der Waals surface area contributed by atoms with Gasteiger partial charge in [-0.3, -0.25) is 9.59 Å². The van der Waals surface area contributed by atoms with Crippen molar-refractivity contribution in [3.05, 3.63) is 24.0 Å². The molecule has 0 aromatic carbocycles. The summed E-state index contributed by atoms with van der Waals surface area (Å²) in [6.07, 6.45) is 2.59. The molecule has 0 saturated carbocycles. The van der Waals surface area contributed by atoms with Crippen LogP contribution in [0.2, 0.25) is 0 Å². The number of H-pyrrole nitrogens is 1. The smallest absolute Gasteiger partial charge is 0.270 e. The molecular weight excluding hydrogens is 242 g/mol. The van der Waals surface area contributed by atoms with E-state index in [4.69, 9.17) is 0 Å². The molecular formula is C14H21N3O2. The highest BCUT2D eigenvalue weighted by molar-refractivity contribution is 5.92. The number of carbonyl (C=O) groups is 2. The zero-order valence-corrected chi connectivity index (χ0v) is 11.6. The van der Waals surface area contributed by atoms with Crippen LogP contribution >= 0.6 is 0 Å². The van der Waals surface area contributed by atoms with E-state index in [1.807, 2.05) is 29.7 Å². The summed E-state index contributed by atoms with van der Waals surface area (Å²) >= 11 is 0. The van der Waals surface area contributed by atoms with Gasteiger partial charge in [0.1, 0.15) is 5.69 Å². The topological polar surface area (TPSA) is 56.4 Å². The second-order valence-electron chi connectivity index (χ2n) is 5.21. The molecule has 2 rings (SSSR count). The Hall–Kier alpha value is -1.78. The predicted octanol–water partition coefficient (Wildman–Crippen LogP) is 1.35. The highest BCUT2D eigenvalue weighted by Crippen LogP contribution is 2.10. The summed E-state index contributed by atoms with van der Waals surface area (Å²) in [6.45, 7) is 6.51. The van der Waals surface area contributed by atoms with Crippen LogP contribution in [-0.4, -0.2) is 52.8 Å². The van der Waals surface area contributed by atoms with Gasteiger partial charge in [0.2, 0.25) is 5.91 Å². The summed E-state index contributed by atoms with van der Waals surface area (Å²) in [7, 11) is 0. The third-order valence-electron chi connectivity index (χ3n) is 3.42. The normalized spacial score (nSPS) is 16.6. The van der Waals surface area contributed by atoms with Crippen LogP contribution < -0.4 is 0 Å². The predicted molar refractivity (Wildman–Crippen MR) is 72.7 cm³/mol. The molecule has 0 bridgehead atoms. The van der Waals surface area contributed by atoms with Crippen molar-refractivity contribution in [3.8, 4) is 0 Å². The molecule has 1 aromatic rings. The Labute approximate surface area is 113 Å². The third-order valence-corrected chi connectivity index (χ3v) is 3.42. The van der Waals surface area contributed by atoms with Crippen molar-refractivity contribution < 1.29 is 9.59 Å². The molecule has 1 aromatic heterocycles. The zero-order valence-electron chi connectivity index (χ0n) is 11.6. The van der Waals surface area contributed by atoms with E-state index in [2.05, 4.69) is 4.98 Å². The largest absolute Gasteiger partial charge is 0.357 e. The Balaban J connectivity index is 1.97. The SMILES string of the molecule is CC(C)C(=O)N1CCCN(C(=O)c2ccc[nH]2)CC1. The van der Waals surface area contributed by atoms with Gasteiger partial charge >= 0.3 is 0 Å². The molecule has 1 fully saturated rings. The zero-order chi connectivity index (χ0) is 13.8. The minimum absolute atomic E-state index is 0.0174. The minimum Gasteiger partial charge on any atom is -0.357 e. The summed E-state index contributed by atoms with van der Waals surface area (Å²) in [5.41, 5.74) is 0.614. The van der Waals surface area contributed by atoms with Gasteiger partial charge in [-0.05, 0) is 18.6 Å². The number of aromatic nitrogens is 1. The molecule has 1 aliphatic rings. The van der Waals surface area contributed by atoms with Crippen LogP contribution in [0.5, 0.6) is 0 Å². The van der Waals surface area contributed by atoms with Crippen LogP contribution in [0.15, 0.2) is 18.3 Å². The standard InChI is InChI=1S/C14H21N3O2/c1-11(2)13(18)16-7-4-8-17(10-9-16)14(19)12-5-3-6-15-12/h3,5-6,11,15H,4,7-10H2,1-2H3. The van der Waals surface area contributed by atoms with Gasteiger partial charge in [0.15, 0.2) is 0 Å². The molecule has 1 saturated heterocycles. The number of carbonyl (C=O) groups excluding carboxylic acids is 2. The maximum atomic E-state index is 12.2. The molecule has 1 N–H and O–H groups in total. The van der Waals surface area contributed by atoms with E-state index < -0.39 is 0 Å². The van der Waals surface area contributed by atoms with Crippen LogP contribution in [0, 0.1) is 5.92 Å². The molecule has 0 radical (unpaired) electrons. The molecule has 1 aliphatic heterocycles. The maximum absolute atomic E-state index is 12.2. The molecule has 0 unspecified atom stereocenters. The van der Waals surface area contributed by atoms with Crippen molar-refractivity contribution >= 4 is 11.8 Å². The number of nitrogens with zero attached hydrogens (tertiary/aromatic N) is 2. The lowest BCUT2D eigenvalue weighted by Crippen LogP contribution is -2.39. The van der Waals surface area contributed by atoms with Crippen LogP contribution in [0.4, 0.5) is 0 Å². The summed E-state index contributed by atoms with van der Waals surface area (Å²) in [6, 6.07) is 3.60. The summed E-state index contributed by atoms with van der Waals surface area (Å²) in [4.78, 5) is 30.8. The van der Waals surface area contributed by atoms with Crippen molar-refractivity contribution in [2.45, 2.75) is 20.3 Å². The maximum Gasteiger partial charge on any atom is 0.270 e. The molecule has 5 heteroatoms. The van der Waals surface area contributed by atoms with Crippen molar-refractivity contribution in [1.29, 1.82) is 0 Å². The second-order valence-corrected chi connectivity index (χ2v) is 5.21. The van der Waals surface area contributed by atoms with Crippen LogP contribution in [0.1, 0.15) is 30.8 Å². The van der Waals surface area contributed by atoms with E-state index in [1.54, 1.807) is 12.3 Å². The van der Waals surface area contributed by atoms with Gasteiger partial charge in [0.25, 0.3) is 5.91 Å². The third kappa shape index (κ3) is 3.16. The van der Waals surface area contributed by atoms with Gasteiger partial charge in [-0.25, -0.2) is 0 Å². The monoisotopic (exact) mass is 263 g/mol. The molecule has 0 aliphatic carbocycles. The molecule has 5 nitrogen and oxygen atoms in total. The fourth-order valence-corrected chi connectivity index (χ4v) is 2.34. The first-order chi connectivity index (χ1) is 9.09. The summed E-state index contributed by atoms with van der Waals surface area (Å²) in [5.74, 6) is 0.212. The number of amides is 2. The fraction of sp³-hybridized carbons (Fsp3) is 0.571. The van der Waals surface area contributed by atoms with Crippen LogP contribution in [-0.2, 0) is 4.79 Å². The number of hydrogen-bond donors (Lipinski definition) is 1. The first-order valence-corrected chi connectivity index (χ1v) is 6.81. The van der Waals surface area contributed by atoms with Gasteiger partial charge in [0, 0.05) is 38.3 Å². The van der Waals surface area contributed by atoms with Crippen LogP contribution in [0.25, 0.3) is 0 Å². The van der Waals surface area contributed by atoms with Gasteiger partial charge in [0.05, 0.1) is 0 Å². The van der Waals surface area contributed by atoms with Crippen molar-refractivity contribution in [1.82, 2.24) is 14.8 Å². The Bertz CT molecular complexity index is 440. The highest BCUT2D eigenvalue weighted by atomic mass is 16.2. The van der Waals surface area contributed by atoms with E-state index >= 15 is 0 Å². The molecule has 104 valence electrons. The number of hydrogen-bond acceptors (Lipinski definition) is 2. The van der Waals surface area contributed by atoms with Crippen molar-refractivity contribution in [2.24, 2.45) is 5.92 Å². The number of rotatable bonds is 2. The Morgan fingerprint density at radius 2 is 1.84 bits per heavy atom. The Morgan fingerprint density at radius 3 is 2.47 bits per heavy atom. The fourth-order valence-electron chi connectivity index (χ4n) is 2.34. The lowest BCUT2D eigenvalue weighted by Gasteiger charge is -2.23. The van der Waals surface area contributed by atoms with Gasteiger partial charge in [-0.2, -0.15) is 0 Å². The van der Waals surface area contributed by atoms with Crippen molar-refractivity contribution in [2.75, 3.05) is 26.2 Å². The quantitative estimate of drug-likeness (QED) is 0.875. The molecule has 2 heterocycles. The van der Waals surface area contributed by atoms with E-state index in [1.165, 1.54) is 0 Å². The first-order valence-electron chi connectivity index (χ1n) is 6.81. The number of nitrogens with one attached hydrogen (secondary N) is 1. The van der Waals surface area contributed by atoms with Crippen LogP contribution in [0.3, 0.4) is 0 Å². The summed E-state index contributed by atoms with van der Waals surface area (Å²) < 4.78 is 0. The van der Waals surface area contributed by atoms with Gasteiger partial charge in [-0.1, -0.05) is 13.8 Å². The van der Waals surface area contributed by atoms with Crippen molar-refractivity contribution in [3.63, 3.8) is 0 Å². The van der Waals surface area contributed by atoms with E-state index in [9.17, 15) is 9.59 Å². The first kappa shape index (κ1) is 13.6. The molecule has 2 amide bonds. The molecule has 19 heavy (non-hydrogen) atoms. The molecule has 0 atom stereocenters. The highest BCUT2D eigenvalue weighted by Gasteiger charge is 2.24. The molecule has 0 spiro atoms. The lowest BCUT2D eigenvalue weighted by molar-refractivity contribution is -0.134. The number of aromatic amines is 1. The average Bonchev–Trinajstić information content (AvgIpc) is 2.81. The lowest BCUT2D eigenvalue weighted by atomic mass is 10.2. The summed E-state index contributed by atoms with van der Waals surface area (Å²) in [5, 5.41) is 0. The second kappa shape index (κ2) is 5.91. The van der Waals surface area contributed by atoms with Gasteiger partial charge in [-0.15, -0.1) is 0 Å².